The minimum absolute atomic E-state index is 0.195. The second-order valence-electron chi connectivity index (χ2n) is 2.59. The molecule has 0 aromatic carbocycles. The lowest BCUT2D eigenvalue weighted by atomic mass is 10.2. The van der Waals surface area contributed by atoms with Crippen LogP contribution in [0.3, 0.4) is 0 Å². The van der Waals surface area contributed by atoms with Gasteiger partial charge in [-0.1, -0.05) is 17.7 Å². The van der Waals surface area contributed by atoms with E-state index in [1.807, 2.05) is 11.7 Å². The van der Waals surface area contributed by atoms with Crippen molar-refractivity contribution in [3.63, 3.8) is 0 Å². The molecule has 0 aromatic heterocycles. The average molecular weight is 189 g/mol. The van der Waals surface area contributed by atoms with E-state index in [1.165, 1.54) is 0 Å². The van der Waals surface area contributed by atoms with Gasteiger partial charge in [0.15, 0.2) is 0 Å². The van der Waals surface area contributed by atoms with Crippen molar-refractivity contribution in [2.45, 2.75) is 12.5 Å². The summed E-state index contributed by atoms with van der Waals surface area (Å²) in [6.07, 6.45) is 5.57. The third-order valence-electron chi connectivity index (χ3n) is 2.09. The van der Waals surface area contributed by atoms with Crippen molar-refractivity contribution in [3.05, 3.63) is 0 Å². The highest BCUT2D eigenvalue weighted by molar-refractivity contribution is 8.11. The molecule has 2 atom stereocenters. The lowest BCUT2D eigenvalue weighted by Crippen LogP contribution is -2.20. The fourth-order valence-electron chi connectivity index (χ4n) is 1.25. The molecule has 62 valence electrons. The molecule has 1 heterocycles. The standard InChI is InChI=1S/C7H12NOPS/c1-4-7-5-6-10(11,9-3)8(7)2/h1,7H,5-6H2,2-3H3. The molecule has 0 spiro atoms. The molecule has 1 fully saturated rings. The Bertz CT molecular complexity index is 235. The van der Waals surface area contributed by atoms with Crippen LogP contribution in [0.4, 0.5) is 0 Å². The maximum Gasteiger partial charge on any atom is 0.132 e. The van der Waals surface area contributed by atoms with Gasteiger partial charge in [-0.2, -0.15) is 0 Å². The summed E-state index contributed by atoms with van der Waals surface area (Å²) in [6, 6.07) is 0.195. The summed E-state index contributed by atoms with van der Waals surface area (Å²) in [4.78, 5) is 0. The average Bonchev–Trinajstić information content (AvgIpc) is 2.31. The van der Waals surface area contributed by atoms with E-state index in [0.717, 1.165) is 12.6 Å². The monoisotopic (exact) mass is 189 g/mol. The third-order valence-corrected chi connectivity index (χ3v) is 6.50. The Morgan fingerprint density at radius 1 is 1.82 bits per heavy atom. The van der Waals surface area contributed by atoms with Gasteiger partial charge in [-0.25, -0.2) is 4.67 Å². The van der Waals surface area contributed by atoms with Crippen LogP contribution in [-0.2, 0) is 16.3 Å². The van der Waals surface area contributed by atoms with Gasteiger partial charge in [-0.05, 0) is 13.5 Å². The smallest absolute Gasteiger partial charge is 0.132 e. The fourth-order valence-corrected chi connectivity index (χ4v) is 3.84. The van der Waals surface area contributed by atoms with Crippen LogP contribution in [0.15, 0.2) is 0 Å². The molecule has 0 aromatic rings. The predicted molar refractivity (Wildman–Crippen MR) is 51.2 cm³/mol. The Morgan fingerprint density at radius 2 is 2.45 bits per heavy atom. The lowest BCUT2D eigenvalue weighted by molar-refractivity contribution is 0.397. The molecule has 0 bridgehead atoms. The van der Waals surface area contributed by atoms with Crippen molar-refractivity contribution in [1.29, 1.82) is 0 Å². The summed E-state index contributed by atoms with van der Waals surface area (Å²) in [5.74, 6) is 2.71. The predicted octanol–water partition coefficient (Wildman–Crippen LogP) is 1.28. The van der Waals surface area contributed by atoms with Gasteiger partial charge in [0.05, 0.1) is 6.04 Å². The molecule has 1 aliphatic rings. The SMILES string of the molecule is C#CC1CCP(=S)(OC)N1C. The number of hydrogen-bond donors (Lipinski definition) is 0. The highest BCUT2D eigenvalue weighted by atomic mass is 32.4. The quantitative estimate of drug-likeness (QED) is 0.455. The van der Waals surface area contributed by atoms with E-state index in [2.05, 4.69) is 5.92 Å². The van der Waals surface area contributed by atoms with Gasteiger partial charge >= 0.3 is 0 Å². The molecule has 4 heteroatoms. The number of terminal acetylenes is 1. The van der Waals surface area contributed by atoms with Crippen molar-refractivity contribution in [3.8, 4) is 12.3 Å². The van der Waals surface area contributed by atoms with Gasteiger partial charge in [0.2, 0.25) is 0 Å². The van der Waals surface area contributed by atoms with Gasteiger partial charge in [-0.15, -0.1) is 6.42 Å². The maximum atomic E-state index is 5.35. The van der Waals surface area contributed by atoms with E-state index in [-0.39, 0.29) is 6.04 Å². The van der Waals surface area contributed by atoms with Crippen molar-refractivity contribution in [1.82, 2.24) is 4.67 Å². The minimum atomic E-state index is -1.69. The number of nitrogens with zero attached hydrogens (tertiary/aromatic N) is 1. The lowest BCUT2D eigenvalue weighted by Gasteiger charge is -2.24. The zero-order chi connectivity index (χ0) is 8.48. The van der Waals surface area contributed by atoms with E-state index < -0.39 is 6.42 Å². The van der Waals surface area contributed by atoms with Crippen LogP contribution in [0.2, 0.25) is 0 Å². The van der Waals surface area contributed by atoms with Crippen LogP contribution >= 0.6 is 6.42 Å². The van der Waals surface area contributed by atoms with E-state index >= 15 is 0 Å². The molecule has 0 radical (unpaired) electrons. The molecular formula is C7H12NOPS. The van der Waals surface area contributed by atoms with Crippen LogP contribution in [0, 0.1) is 12.3 Å². The van der Waals surface area contributed by atoms with E-state index in [0.29, 0.717) is 0 Å². The number of hydrogen-bond acceptors (Lipinski definition) is 2. The van der Waals surface area contributed by atoms with Gasteiger partial charge in [0.25, 0.3) is 0 Å². The molecule has 1 aliphatic heterocycles. The molecule has 2 nitrogen and oxygen atoms in total. The Kier molecular flexibility index (Phi) is 2.72. The molecule has 2 unspecified atom stereocenters. The third kappa shape index (κ3) is 1.50. The van der Waals surface area contributed by atoms with Crippen molar-refractivity contribution in [2.24, 2.45) is 0 Å². The first-order valence-corrected chi connectivity index (χ1v) is 6.34. The first-order chi connectivity index (χ1) is 5.14. The van der Waals surface area contributed by atoms with Crippen LogP contribution in [0.1, 0.15) is 6.42 Å². The van der Waals surface area contributed by atoms with Gasteiger partial charge < -0.3 is 4.52 Å². The molecule has 0 N–H and O–H groups in total. The Balaban J connectivity index is 2.80. The normalized spacial score (nSPS) is 38.8. The van der Waals surface area contributed by atoms with E-state index in [9.17, 15) is 0 Å². The van der Waals surface area contributed by atoms with Crippen LogP contribution in [0.25, 0.3) is 0 Å². The zero-order valence-electron chi connectivity index (χ0n) is 6.78. The summed E-state index contributed by atoms with van der Waals surface area (Å²) in [6.45, 7) is 0. The molecular weight excluding hydrogens is 177 g/mol. The molecule has 11 heavy (non-hydrogen) atoms. The van der Waals surface area contributed by atoms with Crippen LogP contribution in [-0.4, -0.2) is 31.0 Å². The Morgan fingerprint density at radius 3 is 2.73 bits per heavy atom. The van der Waals surface area contributed by atoms with Gasteiger partial charge in [-0.3, -0.25) is 0 Å². The largest absolute Gasteiger partial charge is 0.341 e. The Hall–Kier alpha value is 0.130. The number of rotatable bonds is 1. The van der Waals surface area contributed by atoms with E-state index in [1.54, 1.807) is 7.11 Å². The first kappa shape index (κ1) is 9.22. The fraction of sp³-hybridized carbons (Fsp3) is 0.714. The minimum Gasteiger partial charge on any atom is -0.341 e. The van der Waals surface area contributed by atoms with Crippen molar-refractivity contribution in [2.75, 3.05) is 20.3 Å². The molecule has 1 saturated heterocycles. The first-order valence-electron chi connectivity index (χ1n) is 3.48. The van der Waals surface area contributed by atoms with E-state index in [4.69, 9.17) is 22.8 Å². The van der Waals surface area contributed by atoms with Crippen LogP contribution < -0.4 is 0 Å². The molecule has 0 amide bonds. The highest BCUT2D eigenvalue weighted by Gasteiger charge is 2.34. The van der Waals surface area contributed by atoms with Crippen molar-refractivity contribution >= 4 is 18.2 Å². The Labute approximate surface area is 73.1 Å². The summed E-state index contributed by atoms with van der Waals surface area (Å²) in [5, 5.41) is 0. The van der Waals surface area contributed by atoms with Gasteiger partial charge in [0.1, 0.15) is 6.42 Å². The van der Waals surface area contributed by atoms with Gasteiger partial charge in [0, 0.05) is 13.3 Å². The molecule has 0 aliphatic carbocycles. The summed E-state index contributed by atoms with van der Waals surface area (Å²) < 4.78 is 7.34. The summed E-state index contributed by atoms with van der Waals surface area (Å²) in [7, 11) is 3.64. The highest BCUT2D eigenvalue weighted by Crippen LogP contribution is 2.56. The second kappa shape index (κ2) is 3.25. The maximum absolute atomic E-state index is 5.35. The molecule has 0 saturated carbocycles. The molecule has 1 rings (SSSR count). The second-order valence-corrected chi connectivity index (χ2v) is 7.02. The topological polar surface area (TPSA) is 12.5 Å². The van der Waals surface area contributed by atoms with Crippen molar-refractivity contribution < 1.29 is 4.52 Å². The summed E-state index contributed by atoms with van der Waals surface area (Å²) >= 11 is 5.35. The van der Waals surface area contributed by atoms with Crippen LogP contribution in [0.5, 0.6) is 0 Å². The zero-order valence-corrected chi connectivity index (χ0v) is 8.49. The summed E-state index contributed by atoms with van der Waals surface area (Å²) in [5.41, 5.74) is 0.